The van der Waals surface area contributed by atoms with Gasteiger partial charge >= 0.3 is 6.09 Å². The van der Waals surface area contributed by atoms with Crippen molar-refractivity contribution in [2.75, 3.05) is 26.5 Å². The summed E-state index contributed by atoms with van der Waals surface area (Å²) in [6.45, 7) is 6.34. The van der Waals surface area contributed by atoms with Crippen LogP contribution in [0.1, 0.15) is 68.8 Å². The molecule has 1 aliphatic heterocycles. The second kappa shape index (κ2) is 9.59. The van der Waals surface area contributed by atoms with E-state index in [4.69, 9.17) is 20.3 Å². The number of carbonyl (C=O) groups is 1. The van der Waals surface area contributed by atoms with Crippen molar-refractivity contribution in [3.05, 3.63) is 40.7 Å². The molecule has 206 valence electrons. The first-order valence-electron chi connectivity index (χ1n) is 12.8. The molecule has 1 unspecified atom stereocenters. The number of ether oxygens (including phenoxy) is 2. The highest BCUT2D eigenvalue weighted by molar-refractivity contribution is 5.95. The van der Waals surface area contributed by atoms with E-state index in [2.05, 4.69) is 16.8 Å². The van der Waals surface area contributed by atoms with Crippen LogP contribution >= 0.6 is 0 Å². The zero-order valence-electron chi connectivity index (χ0n) is 22.5. The Hall–Kier alpha value is -4.07. The molecule has 2 aromatic heterocycles. The Bertz CT molecular complexity index is 1500. The normalized spacial score (nSPS) is 19.2. The van der Waals surface area contributed by atoms with Crippen molar-refractivity contribution in [1.29, 1.82) is 0 Å². The van der Waals surface area contributed by atoms with Crippen LogP contribution in [0.2, 0.25) is 0 Å². The van der Waals surface area contributed by atoms with Gasteiger partial charge in [-0.25, -0.2) is 18.6 Å². The van der Waals surface area contributed by atoms with Gasteiger partial charge in [-0.1, -0.05) is 26.7 Å². The fourth-order valence-electron chi connectivity index (χ4n) is 5.65. The van der Waals surface area contributed by atoms with Gasteiger partial charge in [0.1, 0.15) is 17.1 Å². The summed E-state index contributed by atoms with van der Waals surface area (Å²) in [6, 6.07) is 0.437. The Kier molecular flexibility index (Phi) is 6.53. The molecular weight excluding hydrogens is 508 g/mol. The molecule has 1 aromatic carbocycles. The average Bonchev–Trinajstić information content (AvgIpc) is 3.49. The highest BCUT2D eigenvalue weighted by Gasteiger charge is 2.46. The molecule has 9 nitrogen and oxygen atoms in total. The first-order chi connectivity index (χ1) is 18.5. The molecule has 2 atom stereocenters. The monoisotopic (exact) mass is 539 g/mol. The maximum absolute atomic E-state index is 15.0. The van der Waals surface area contributed by atoms with Gasteiger partial charge in [0.25, 0.3) is 0 Å². The number of methoxy groups -OCH3 is 2. The highest BCUT2D eigenvalue weighted by atomic mass is 19.1. The number of likely N-dealkylation sites (tertiary alicyclic amines) is 1. The van der Waals surface area contributed by atoms with Gasteiger partial charge in [0, 0.05) is 18.8 Å². The van der Waals surface area contributed by atoms with Crippen LogP contribution in [0.25, 0.3) is 10.9 Å². The number of amides is 1. The van der Waals surface area contributed by atoms with E-state index in [0.717, 1.165) is 30.0 Å². The largest absolute Gasteiger partial charge is 0.493 e. The molecule has 1 aliphatic carbocycles. The third-order valence-electron chi connectivity index (χ3n) is 7.49. The summed E-state index contributed by atoms with van der Waals surface area (Å²) in [5.74, 6) is 3.53. The van der Waals surface area contributed by atoms with Crippen LogP contribution in [-0.2, 0) is 0 Å². The zero-order valence-corrected chi connectivity index (χ0v) is 22.5. The maximum Gasteiger partial charge on any atom is 0.407 e. The van der Waals surface area contributed by atoms with Crippen LogP contribution in [0.15, 0.2) is 12.3 Å². The number of aromatic nitrogens is 3. The zero-order chi connectivity index (χ0) is 28.2. The maximum atomic E-state index is 15.0. The predicted molar refractivity (Wildman–Crippen MR) is 141 cm³/mol. The van der Waals surface area contributed by atoms with Gasteiger partial charge in [-0.05, 0) is 42.1 Å². The number of nitrogens with two attached hydrogens (primary N) is 1. The van der Waals surface area contributed by atoms with Crippen LogP contribution in [0, 0.1) is 28.9 Å². The standard InChI is InChI=1S/C28H31F2N5O4/c1-28(2,3)25-18(10-11-34(25)27(36)37)35-24-16(14-6-7-14)13-32-26(31)21(24)17(33-35)9-8-15-22(29)19(38-4)12-20(39-5)23(15)30/h12-14,18,25H,6-7,10-11H2,1-5H3,(H2,31,32)(H,36,37)/t18?,25-/m1/s1. The van der Waals surface area contributed by atoms with E-state index < -0.39 is 28.7 Å². The van der Waals surface area contributed by atoms with Gasteiger partial charge in [-0.2, -0.15) is 5.10 Å². The van der Waals surface area contributed by atoms with Crippen molar-refractivity contribution in [1.82, 2.24) is 19.7 Å². The molecule has 3 N–H and O–H groups in total. The Morgan fingerprint density at radius 2 is 1.77 bits per heavy atom. The molecular formula is C28H31F2N5O4. The van der Waals surface area contributed by atoms with Crippen LogP contribution in [-0.4, -0.2) is 57.7 Å². The van der Waals surface area contributed by atoms with Gasteiger partial charge in [-0.15, -0.1) is 0 Å². The molecule has 1 amide bonds. The number of anilines is 1. The van der Waals surface area contributed by atoms with E-state index >= 15 is 8.78 Å². The molecule has 1 saturated heterocycles. The van der Waals surface area contributed by atoms with E-state index in [9.17, 15) is 9.90 Å². The molecule has 11 heteroatoms. The second-order valence-corrected chi connectivity index (χ2v) is 11.1. The summed E-state index contributed by atoms with van der Waals surface area (Å²) < 4.78 is 41.9. The number of carboxylic acid groups (broad SMARTS) is 1. The Morgan fingerprint density at radius 1 is 1.13 bits per heavy atom. The Balaban J connectivity index is 1.74. The van der Waals surface area contributed by atoms with Crippen molar-refractivity contribution in [2.24, 2.45) is 5.41 Å². The Labute approximate surface area is 224 Å². The minimum atomic E-state index is -0.990. The number of hydrogen-bond acceptors (Lipinski definition) is 6. The number of fused-ring (bicyclic) bond motifs is 1. The van der Waals surface area contributed by atoms with Crippen LogP contribution < -0.4 is 15.2 Å². The lowest BCUT2D eigenvalue weighted by Gasteiger charge is -2.37. The van der Waals surface area contributed by atoms with E-state index in [1.807, 2.05) is 25.5 Å². The molecule has 3 heterocycles. The summed E-state index contributed by atoms with van der Waals surface area (Å²) >= 11 is 0. The van der Waals surface area contributed by atoms with Crippen LogP contribution in [0.4, 0.5) is 19.4 Å². The topological polar surface area (TPSA) is 116 Å². The number of hydrogen-bond donors (Lipinski definition) is 2. The van der Waals surface area contributed by atoms with Crippen molar-refractivity contribution < 1.29 is 28.2 Å². The SMILES string of the molecule is COc1cc(OC)c(F)c(C#Cc2nn(C3CCN(C(=O)O)[C@H]3C(C)(C)C)c3c(C4CC4)cnc(N)c23)c1F. The third-order valence-corrected chi connectivity index (χ3v) is 7.49. The fraction of sp³-hybridized carbons (Fsp3) is 0.464. The summed E-state index contributed by atoms with van der Waals surface area (Å²) in [5, 5.41) is 15.2. The van der Waals surface area contributed by atoms with Crippen molar-refractivity contribution in [3.63, 3.8) is 0 Å². The Morgan fingerprint density at radius 3 is 2.31 bits per heavy atom. The molecule has 5 rings (SSSR count). The summed E-state index contributed by atoms with van der Waals surface area (Å²) in [6.07, 6.45) is 3.27. The number of rotatable bonds is 4. The average molecular weight is 540 g/mol. The second-order valence-electron chi connectivity index (χ2n) is 11.1. The fourth-order valence-corrected chi connectivity index (χ4v) is 5.65. The quantitative estimate of drug-likeness (QED) is 0.452. The molecule has 3 aromatic rings. The van der Waals surface area contributed by atoms with Crippen molar-refractivity contribution in [3.8, 4) is 23.3 Å². The molecule has 2 aliphatic rings. The molecule has 0 spiro atoms. The lowest BCUT2D eigenvalue weighted by Crippen LogP contribution is -2.46. The number of nitrogens with zero attached hydrogens (tertiary/aromatic N) is 4. The molecule has 0 bridgehead atoms. The lowest BCUT2D eigenvalue weighted by atomic mass is 9.82. The van der Waals surface area contributed by atoms with E-state index in [1.54, 1.807) is 6.20 Å². The first kappa shape index (κ1) is 26.5. The predicted octanol–water partition coefficient (Wildman–Crippen LogP) is 4.93. The minimum absolute atomic E-state index is 0.189. The molecule has 1 saturated carbocycles. The van der Waals surface area contributed by atoms with Gasteiger partial charge in [0.05, 0.1) is 37.2 Å². The van der Waals surface area contributed by atoms with Crippen LogP contribution in [0.5, 0.6) is 11.5 Å². The number of halogens is 2. The third kappa shape index (κ3) is 4.47. The molecule has 0 radical (unpaired) electrons. The highest BCUT2D eigenvalue weighted by Crippen LogP contribution is 2.47. The summed E-state index contributed by atoms with van der Waals surface area (Å²) in [4.78, 5) is 18.0. The van der Waals surface area contributed by atoms with E-state index in [-0.39, 0.29) is 41.0 Å². The number of benzene rings is 1. The molecule has 39 heavy (non-hydrogen) atoms. The summed E-state index contributed by atoms with van der Waals surface area (Å²) in [5.41, 5.74) is 7.34. The number of pyridine rings is 1. The van der Waals surface area contributed by atoms with Gasteiger partial charge < -0.3 is 25.2 Å². The van der Waals surface area contributed by atoms with Gasteiger partial charge in [0.15, 0.2) is 23.1 Å². The van der Waals surface area contributed by atoms with Gasteiger partial charge in [0.2, 0.25) is 0 Å². The lowest BCUT2D eigenvalue weighted by molar-refractivity contribution is 0.0913. The molecule has 2 fully saturated rings. The first-order valence-corrected chi connectivity index (χ1v) is 12.8. The van der Waals surface area contributed by atoms with Crippen LogP contribution in [0.3, 0.4) is 0 Å². The minimum Gasteiger partial charge on any atom is -0.493 e. The summed E-state index contributed by atoms with van der Waals surface area (Å²) in [7, 11) is 2.53. The smallest absolute Gasteiger partial charge is 0.407 e. The van der Waals surface area contributed by atoms with E-state index in [0.29, 0.717) is 18.4 Å². The van der Waals surface area contributed by atoms with Gasteiger partial charge in [-0.3, -0.25) is 4.68 Å². The number of nitrogen functional groups attached to an aromatic ring is 1. The van der Waals surface area contributed by atoms with E-state index in [1.165, 1.54) is 19.1 Å². The van der Waals surface area contributed by atoms with Crippen molar-refractivity contribution in [2.45, 2.75) is 58.0 Å². The van der Waals surface area contributed by atoms with Crippen molar-refractivity contribution >= 4 is 22.8 Å².